The molecule has 1 saturated heterocycles. The molecule has 1 amide bonds. The number of anilines is 3. The molecule has 230 valence electrons. The Labute approximate surface area is 258 Å². The molecule has 0 radical (unpaired) electrons. The highest BCUT2D eigenvalue weighted by molar-refractivity contribution is 6.00. The standard InChI is InChI=1S/C32H32FN9O3/c1-20-26(45-22-10-12-42-27(15-22)35-19-37-42)9-7-24(30(20)33)38-32-29-23(34-18-36-32)6-8-25-31(29)44-17-21-16-40(13-14-41(21)25)28(43)5-4-11-39(2)3/h4-10,12,15,18-19,21H,11,13-14,16-17H2,1-3H3,(H,34,36,38)/b5-4+/t21-/m0/s1. The summed E-state index contributed by atoms with van der Waals surface area (Å²) in [6.07, 6.45) is 8.16. The zero-order chi connectivity index (χ0) is 31.1. The van der Waals surface area contributed by atoms with Crippen molar-refractivity contribution in [1.29, 1.82) is 0 Å². The third-order valence-corrected chi connectivity index (χ3v) is 8.06. The Morgan fingerprint density at radius 1 is 1.16 bits per heavy atom. The second-order valence-corrected chi connectivity index (χ2v) is 11.3. The minimum atomic E-state index is -0.464. The molecule has 13 heteroatoms. The Bertz CT molecular complexity index is 1940. The fourth-order valence-corrected chi connectivity index (χ4v) is 5.73. The molecule has 1 N–H and O–H groups in total. The summed E-state index contributed by atoms with van der Waals surface area (Å²) in [6, 6.07) is 10.7. The van der Waals surface area contributed by atoms with Crippen LogP contribution < -0.4 is 19.7 Å². The lowest BCUT2D eigenvalue weighted by Gasteiger charge is -2.45. The summed E-state index contributed by atoms with van der Waals surface area (Å²) in [5.74, 6) is 1.51. The fraction of sp³-hybridized carbons (Fsp3) is 0.281. The first-order chi connectivity index (χ1) is 21.9. The van der Waals surface area contributed by atoms with E-state index in [0.717, 1.165) is 5.69 Å². The Balaban J connectivity index is 1.13. The number of nitrogens with zero attached hydrogens (tertiary/aromatic N) is 8. The molecule has 2 aliphatic rings. The maximum absolute atomic E-state index is 15.7. The number of carbonyl (C=O) groups excluding carboxylic acids is 1. The van der Waals surface area contributed by atoms with Crippen molar-refractivity contribution < 1.29 is 18.7 Å². The van der Waals surface area contributed by atoms with Crippen LogP contribution in [0.4, 0.5) is 21.6 Å². The van der Waals surface area contributed by atoms with Crippen molar-refractivity contribution in [3.63, 3.8) is 0 Å². The quantitative estimate of drug-likeness (QED) is 0.270. The molecule has 0 saturated carbocycles. The van der Waals surface area contributed by atoms with Crippen LogP contribution in [0.15, 0.2) is 67.4 Å². The molecule has 5 heterocycles. The molecule has 0 spiro atoms. The van der Waals surface area contributed by atoms with Gasteiger partial charge in [0.1, 0.15) is 36.6 Å². The number of carbonyl (C=O) groups is 1. The number of benzene rings is 2. The molecule has 45 heavy (non-hydrogen) atoms. The summed E-state index contributed by atoms with van der Waals surface area (Å²) in [6.45, 7) is 4.59. The molecule has 5 aromatic rings. The molecular weight excluding hydrogens is 577 g/mol. The Morgan fingerprint density at radius 3 is 2.91 bits per heavy atom. The van der Waals surface area contributed by atoms with Gasteiger partial charge in [-0.15, -0.1) is 0 Å². The molecular formula is C32H32FN9O3. The zero-order valence-electron chi connectivity index (χ0n) is 25.1. The van der Waals surface area contributed by atoms with E-state index in [0.29, 0.717) is 78.0 Å². The SMILES string of the molecule is Cc1c(Oc2ccn3ncnc3c2)ccc(Nc2ncnc3ccc4c(c23)OC[C@@H]2CN(C(=O)/C=C/CN(C)C)CCN42)c1F. The average molecular weight is 610 g/mol. The van der Waals surface area contributed by atoms with Crippen LogP contribution in [0.5, 0.6) is 17.2 Å². The van der Waals surface area contributed by atoms with Crippen molar-refractivity contribution in [2.24, 2.45) is 0 Å². The van der Waals surface area contributed by atoms with Crippen LogP contribution in [0.2, 0.25) is 0 Å². The van der Waals surface area contributed by atoms with Crippen molar-refractivity contribution in [1.82, 2.24) is 34.4 Å². The lowest BCUT2D eigenvalue weighted by atomic mass is 10.1. The summed E-state index contributed by atoms with van der Waals surface area (Å²) < 4.78 is 29.7. The van der Waals surface area contributed by atoms with Crippen LogP contribution in [-0.2, 0) is 4.79 Å². The van der Waals surface area contributed by atoms with Gasteiger partial charge in [-0.2, -0.15) is 5.10 Å². The third kappa shape index (κ3) is 5.46. The number of fused-ring (bicyclic) bond motifs is 6. The predicted molar refractivity (Wildman–Crippen MR) is 168 cm³/mol. The van der Waals surface area contributed by atoms with Gasteiger partial charge < -0.3 is 29.5 Å². The normalized spacial score (nSPS) is 16.2. The molecule has 2 aromatic carbocycles. The second-order valence-electron chi connectivity index (χ2n) is 11.3. The zero-order valence-corrected chi connectivity index (χ0v) is 25.1. The van der Waals surface area contributed by atoms with E-state index in [9.17, 15) is 4.79 Å². The average Bonchev–Trinajstić information content (AvgIpc) is 3.52. The van der Waals surface area contributed by atoms with Crippen molar-refractivity contribution in [2.45, 2.75) is 13.0 Å². The number of hydrogen-bond acceptors (Lipinski definition) is 10. The summed E-state index contributed by atoms with van der Waals surface area (Å²) in [7, 11) is 3.93. The van der Waals surface area contributed by atoms with Crippen LogP contribution in [-0.4, -0.2) is 93.2 Å². The van der Waals surface area contributed by atoms with Gasteiger partial charge in [0.2, 0.25) is 5.91 Å². The van der Waals surface area contributed by atoms with Gasteiger partial charge >= 0.3 is 0 Å². The highest BCUT2D eigenvalue weighted by Crippen LogP contribution is 2.43. The molecule has 7 rings (SSSR count). The van der Waals surface area contributed by atoms with E-state index in [2.05, 4.69) is 30.3 Å². The number of hydrogen-bond donors (Lipinski definition) is 1. The van der Waals surface area contributed by atoms with Crippen molar-refractivity contribution in [3.8, 4) is 17.2 Å². The highest BCUT2D eigenvalue weighted by Gasteiger charge is 2.35. The second kappa shape index (κ2) is 11.7. The summed E-state index contributed by atoms with van der Waals surface area (Å²) in [4.78, 5) is 32.0. The van der Waals surface area contributed by atoms with Crippen molar-refractivity contribution in [2.75, 3.05) is 57.1 Å². The Kier molecular flexibility index (Phi) is 7.37. The van der Waals surface area contributed by atoms with Crippen molar-refractivity contribution >= 4 is 39.6 Å². The molecule has 0 aliphatic carbocycles. The predicted octanol–water partition coefficient (Wildman–Crippen LogP) is 4.18. The van der Waals surface area contributed by atoms with Gasteiger partial charge in [-0.1, -0.05) is 6.08 Å². The van der Waals surface area contributed by atoms with Crippen LogP contribution in [0.1, 0.15) is 5.56 Å². The summed E-state index contributed by atoms with van der Waals surface area (Å²) in [5, 5.41) is 7.92. The molecule has 1 atom stereocenters. The minimum Gasteiger partial charge on any atom is -0.488 e. The van der Waals surface area contributed by atoms with E-state index in [1.54, 1.807) is 48.0 Å². The minimum absolute atomic E-state index is 0.00539. The number of piperazine rings is 1. The Hall–Kier alpha value is -5.30. The first kappa shape index (κ1) is 28.5. The number of likely N-dealkylation sites (N-methyl/N-ethyl adjacent to an activating group) is 1. The van der Waals surface area contributed by atoms with E-state index < -0.39 is 5.82 Å². The monoisotopic (exact) mass is 609 g/mol. The molecule has 0 bridgehead atoms. The maximum Gasteiger partial charge on any atom is 0.246 e. The smallest absolute Gasteiger partial charge is 0.246 e. The van der Waals surface area contributed by atoms with Gasteiger partial charge in [0.25, 0.3) is 0 Å². The lowest BCUT2D eigenvalue weighted by Crippen LogP contribution is -2.58. The third-order valence-electron chi connectivity index (χ3n) is 8.06. The van der Waals surface area contributed by atoms with Crippen LogP contribution in [0.3, 0.4) is 0 Å². The number of halogens is 1. The van der Waals surface area contributed by atoms with Gasteiger partial charge in [-0.3, -0.25) is 4.79 Å². The van der Waals surface area contributed by atoms with Gasteiger partial charge in [0, 0.05) is 50.1 Å². The van der Waals surface area contributed by atoms with E-state index in [4.69, 9.17) is 9.47 Å². The number of amides is 1. The van der Waals surface area contributed by atoms with Crippen molar-refractivity contribution in [3.05, 3.63) is 78.8 Å². The first-order valence-corrected chi connectivity index (χ1v) is 14.7. The van der Waals surface area contributed by atoms with Gasteiger partial charge in [0.15, 0.2) is 17.2 Å². The van der Waals surface area contributed by atoms with Crippen LogP contribution in [0.25, 0.3) is 16.6 Å². The summed E-state index contributed by atoms with van der Waals surface area (Å²) >= 11 is 0. The van der Waals surface area contributed by atoms with E-state index in [1.807, 2.05) is 42.1 Å². The lowest BCUT2D eigenvalue weighted by molar-refractivity contribution is -0.127. The number of rotatable bonds is 7. The Morgan fingerprint density at radius 2 is 2.04 bits per heavy atom. The maximum atomic E-state index is 15.7. The first-order valence-electron chi connectivity index (χ1n) is 14.7. The number of nitrogens with one attached hydrogen (secondary N) is 1. The number of ether oxygens (including phenoxy) is 2. The van der Waals surface area contributed by atoms with Crippen LogP contribution in [0, 0.1) is 12.7 Å². The van der Waals surface area contributed by atoms with E-state index in [-0.39, 0.29) is 17.6 Å². The van der Waals surface area contributed by atoms with Gasteiger partial charge in [-0.25, -0.2) is 23.9 Å². The molecule has 12 nitrogen and oxygen atoms in total. The van der Waals surface area contributed by atoms with Gasteiger partial charge in [-0.05, 0) is 51.4 Å². The molecule has 0 unspecified atom stereocenters. The highest BCUT2D eigenvalue weighted by atomic mass is 19.1. The number of pyridine rings is 1. The van der Waals surface area contributed by atoms with E-state index in [1.165, 1.54) is 12.7 Å². The topological polar surface area (TPSA) is 113 Å². The molecule has 2 aliphatic heterocycles. The fourth-order valence-electron chi connectivity index (χ4n) is 5.73. The largest absolute Gasteiger partial charge is 0.488 e. The van der Waals surface area contributed by atoms with E-state index >= 15 is 4.39 Å². The molecule has 1 fully saturated rings. The van der Waals surface area contributed by atoms with Crippen LogP contribution >= 0.6 is 0 Å². The summed E-state index contributed by atoms with van der Waals surface area (Å²) in [5.41, 5.74) is 2.78. The van der Waals surface area contributed by atoms with Gasteiger partial charge in [0.05, 0.1) is 28.3 Å². The number of aromatic nitrogens is 5. The molecule has 3 aromatic heterocycles.